The molecule has 0 aliphatic rings. The molecule has 0 atom stereocenters. The van der Waals surface area contributed by atoms with Crippen molar-refractivity contribution in [1.82, 2.24) is 5.32 Å². The van der Waals surface area contributed by atoms with E-state index in [1.165, 1.54) is 6.92 Å². The van der Waals surface area contributed by atoms with Gasteiger partial charge >= 0.3 is 0 Å². The van der Waals surface area contributed by atoms with Crippen molar-refractivity contribution in [3.8, 4) is 5.75 Å². The molecule has 7 heteroatoms. The van der Waals surface area contributed by atoms with Crippen molar-refractivity contribution in [2.24, 2.45) is 0 Å². The Hall–Kier alpha value is -3.35. The first-order valence-electron chi connectivity index (χ1n) is 8.06. The number of para-hydroxylation sites is 1. The molecule has 0 aromatic heterocycles. The van der Waals surface area contributed by atoms with E-state index in [-0.39, 0.29) is 25.0 Å². The minimum absolute atomic E-state index is 0.172. The second-order valence-electron chi connectivity index (χ2n) is 5.64. The molecule has 3 N–H and O–H groups in total. The molecular weight excluding hydrogens is 334 g/mol. The number of anilines is 2. The highest BCUT2D eigenvalue weighted by molar-refractivity contribution is 5.96. The fourth-order valence-electron chi connectivity index (χ4n) is 2.13. The Bertz CT molecular complexity index is 791. The highest BCUT2D eigenvalue weighted by atomic mass is 16.5. The lowest BCUT2D eigenvalue weighted by Gasteiger charge is -2.12. The molecule has 0 saturated carbocycles. The van der Waals surface area contributed by atoms with E-state index in [1.54, 1.807) is 42.5 Å². The summed E-state index contributed by atoms with van der Waals surface area (Å²) in [7, 11) is 0. The molecule has 3 amide bonds. The number of benzene rings is 2. The fraction of sp³-hybridized carbons (Fsp3) is 0.211. The van der Waals surface area contributed by atoms with Gasteiger partial charge in [0.1, 0.15) is 5.75 Å². The molecule has 0 spiro atoms. The first-order chi connectivity index (χ1) is 12.4. The zero-order valence-electron chi connectivity index (χ0n) is 14.7. The van der Waals surface area contributed by atoms with Crippen LogP contribution in [0.2, 0.25) is 0 Å². The van der Waals surface area contributed by atoms with E-state index in [4.69, 9.17) is 4.74 Å². The summed E-state index contributed by atoms with van der Waals surface area (Å²) in [6, 6.07) is 14.1. The molecule has 0 aliphatic heterocycles. The maximum absolute atomic E-state index is 12.0. The molecule has 0 aliphatic carbocycles. The van der Waals surface area contributed by atoms with E-state index in [2.05, 4.69) is 16.0 Å². The van der Waals surface area contributed by atoms with Gasteiger partial charge in [0.15, 0.2) is 6.61 Å². The Kier molecular flexibility index (Phi) is 6.73. The van der Waals surface area contributed by atoms with Crippen molar-refractivity contribution < 1.29 is 19.1 Å². The summed E-state index contributed by atoms with van der Waals surface area (Å²) in [4.78, 5) is 34.9. The predicted octanol–water partition coefficient (Wildman–Crippen LogP) is 2.09. The van der Waals surface area contributed by atoms with Crippen LogP contribution >= 0.6 is 0 Å². The molecule has 2 rings (SSSR count). The quantitative estimate of drug-likeness (QED) is 0.708. The van der Waals surface area contributed by atoms with Crippen LogP contribution < -0.4 is 20.7 Å². The van der Waals surface area contributed by atoms with E-state index in [0.29, 0.717) is 17.1 Å². The summed E-state index contributed by atoms with van der Waals surface area (Å²) in [6.07, 6.45) is 0. The molecule has 0 heterocycles. The number of hydrogen-bond acceptors (Lipinski definition) is 4. The molecule has 0 bridgehead atoms. The van der Waals surface area contributed by atoms with E-state index < -0.39 is 5.91 Å². The predicted molar refractivity (Wildman–Crippen MR) is 99.1 cm³/mol. The second kappa shape index (κ2) is 9.22. The van der Waals surface area contributed by atoms with Gasteiger partial charge in [-0.25, -0.2) is 0 Å². The van der Waals surface area contributed by atoms with Gasteiger partial charge in [-0.2, -0.15) is 0 Å². The Balaban J connectivity index is 1.81. The van der Waals surface area contributed by atoms with Crippen LogP contribution in [0.25, 0.3) is 0 Å². The molecule has 2 aromatic rings. The molecule has 0 radical (unpaired) electrons. The number of carbonyl (C=O) groups is 3. The van der Waals surface area contributed by atoms with Crippen LogP contribution in [0.5, 0.6) is 5.75 Å². The number of rotatable bonds is 7. The van der Waals surface area contributed by atoms with Crippen molar-refractivity contribution >= 4 is 29.1 Å². The van der Waals surface area contributed by atoms with Gasteiger partial charge in [0.2, 0.25) is 11.8 Å². The van der Waals surface area contributed by atoms with Gasteiger partial charge in [-0.3, -0.25) is 14.4 Å². The lowest BCUT2D eigenvalue weighted by Crippen LogP contribution is -2.35. The van der Waals surface area contributed by atoms with Crippen LogP contribution in [0.4, 0.5) is 11.4 Å². The average Bonchev–Trinajstić information content (AvgIpc) is 2.61. The van der Waals surface area contributed by atoms with Crippen LogP contribution in [-0.4, -0.2) is 30.9 Å². The van der Waals surface area contributed by atoms with Crippen LogP contribution in [0.3, 0.4) is 0 Å². The van der Waals surface area contributed by atoms with Crippen molar-refractivity contribution in [3.63, 3.8) is 0 Å². The standard InChI is InChI=1S/C19H21N3O4/c1-13-8-9-15(21-14(2)23)10-17(13)22-18(24)11-20-19(25)12-26-16-6-4-3-5-7-16/h3-10H,11-12H2,1-2H3,(H,20,25)(H,21,23)(H,22,24). The lowest BCUT2D eigenvalue weighted by atomic mass is 10.1. The summed E-state index contributed by atoms with van der Waals surface area (Å²) < 4.78 is 5.31. The van der Waals surface area contributed by atoms with Crippen LogP contribution in [0.15, 0.2) is 48.5 Å². The Morgan fingerprint density at radius 1 is 0.962 bits per heavy atom. The highest BCUT2D eigenvalue weighted by Gasteiger charge is 2.09. The van der Waals surface area contributed by atoms with Gasteiger partial charge < -0.3 is 20.7 Å². The normalized spacial score (nSPS) is 9.92. The number of aryl methyl sites for hydroxylation is 1. The van der Waals surface area contributed by atoms with Gasteiger partial charge in [0, 0.05) is 18.3 Å². The third kappa shape index (κ3) is 6.27. The monoisotopic (exact) mass is 355 g/mol. The SMILES string of the molecule is CC(=O)Nc1ccc(C)c(NC(=O)CNC(=O)COc2ccccc2)c1. The van der Waals surface area contributed by atoms with Crippen molar-refractivity contribution in [2.75, 3.05) is 23.8 Å². The molecule has 26 heavy (non-hydrogen) atoms. The van der Waals surface area contributed by atoms with Crippen molar-refractivity contribution in [1.29, 1.82) is 0 Å². The van der Waals surface area contributed by atoms with Gasteiger partial charge in [-0.15, -0.1) is 0 Å². The third-order valence-corrected chi connectivity index (χ3v) is 3.39. The maximum atomic E-state index is 12.0. The first kappa shape index (κ1) is 19.0. The number of amides is 3. The van der Waals surface area contributed by atoms with Gasteiger partial charge in [0.05, 0.1) is 6.54 Å². The smallest absolute Gasteiger partial charge is 0.258 e. The zero-order valence-corrected chi connectivity index (χ0v) is 14.7. The largest absolute Gasteiger partial charge is 0.484 e. The van der Waals surface area contributed by atoms with Crippen molar-refractivity contribution in [2.45, 2.75) is 13.8 Å². The summed E-state index contributed by atoms with van der Waals surface area (Å²) in [5.41, 5.74) is 1.99. The van der Waals surface area contributed by atoms with E-state index >= 15 is 0 Å². The number of carbonyl (C=O) groups excluding carboxylic acids is 3. The van der Waals surface area contributed by atoms with E-state index in [9.17, 15) is 14.4 Å². The minimum atomic E-state index is -0.396. The zero-order chi connectivity index (χ0) is 18.9. The summed E-state index contributed by atoms with van der Waals surface area (Å²) >= 11 is 0. The van der Waals surface area contributed by atoms with Gasteiger partial charge in [-0.05, 0) is 36.8 Å². The second-order valence-corrected chi connectivity index (χ2v) is 5.64. The third-order valence-electron chi connectivity index (χ3n) is 3.39. The molecule has 0 unspecified atom stereocenters. The molecule has 7 nitrogen and oxygen atoms in total. The topological polar surface area (TPSA) is 96.5 Å². The van der Waals surface area contributed by atoms with Crippen LogP contribution in [-0.2, 0) is 14.4 Å². The summed E-state index contributed by atoms with van der Waals surface area (Å²) in [6.45, 7) is 2.89. The molecule has 2 aromatic carbocycles. The minimum Gasteiger partial charge on any atom is -0.484 e. The van der Waals surface area contributed by atoms with Crippen LogP contribution in [0.1, 0.15) is 12.5 Å². The van der Waals surface area contributed by atoms with Crippen LogP contribution in [0, 0.1) is 6.92 Å². The maximum Gasteiger partial charge on any atom is 0.258 e. The van der Waals surface area contributed by atoms with E-state index in [1.807, 2.05) is 13.0 Å². The highest BCUT2D eigenvalue weighted by Crippen LogP contribution is 2.20. The van der Waals surface area contributed by atoms with Gasteiger partial charge in [-0.1, -0.05) is 24.3 Å². The van der Waals surface area contributed by atoms with Gasteiger partial charge in [0.25, 0.3) is 5.91 Å². The number of nitrogens with one attached hydrogen (secondary N) is 3. The molecule has 0 fully saturated rings. The fourth-order valence-corrected chi connectivity index (χ4v) is 2.13. The first-order valence-corrected chi connectivity index (χ1v) is 8.06. The Morgan fingerprint density at radius 3 is 2.38 bits per heavy atom. The number of hydrogen-bond donors (Lipinski definition) is 3. The molecule has 0 saturated heterocycles. The summed E-state index contributed by atoms with van der Waals surface area (Å²) in [5.74, 6) is -0.386. The lowest BCUT2D eigenvalue weighted by molar-refractivity contribution is -0.125. The van der Waals surface area contributed by atoms with E-state index in [0.717, 1.165) is 5.56 Å². The number of ether oxygens (including phenoxy) is 1. The average molecular weight is 355 g/mol. The summed E-state index contributed by atoms with van der Waals surface area (Å²) in [5, 5.41) is 7.85. The molecular formula is C19H21N3O4. The Labute approximate surface area is 151 Å². The Morgan fingerprint density at radius 2 is 1.69 bits per heavy atom. The van der Waals surface area contributed by atoms with Crippen molar-refractivity contribution in [3.05, 3.63) is 54.1 Å². The molecule has 136 valence electrons.